The maximum atomic E-state index is 13.2. The molecule has 0 aliphatic carbocycles. The maximum Gasteiger partial charge on any atom is 0.314 e. The summed E-state index contributed by atoms with van der Waals surface area (Å²) in [6.07, 6.45) is 4.93. The molecule has 27 heavy (non-hydrogen) atoms. The van der Waals surface area contributed by atoms with Gasteiger partial charge in [0.25, 0.3) is 0 Å². The van der Waals surface area contributed by atoms with Gasteiger partial charge in [-0.25, -0.2) is 0 Å². The molecule has 2 aromatic carbocycles. The highest BCUT2D eigenvalue weighted by Gasteiger charge is 2.40. The number of nitrogens with zero attached hydrogens (tertiary/aromatic N) is 1. The zero-order valence-electron chi connectivity index (χ0n) is 15.7. The third kappa shape index (κ3) is 4.04. The Bertz CT molecular complexity index is 780. The minimum atomic E-state index is -0.330. The van der Waals surface area contributed by atoms with Gasteiger partial charge < -0.3 is 9.64 Å². The highest BCUT2D eigenvalue weighted by atomic mass is 35.5. The van der Waals surface area contributed by atoms with Gasteiger partial charge in [0.15, 0.2) is 0 Å². The van der Waals surface area contributed by atoms with E-state index in [-0.39, 0.29) is 18.0 Å². The number of halogens is 1. The Labute approximate surface area is 166 Å². The zero-order valence-corrected chi connectivity index (χ0v) is 16.4. The number of carbonyl (C=O) groups excluding carboxylic acids is 1. The predicted molar refractivity (Wildman–Crippen MR) is 108 cm³/mol. The lowest BCUT2D eigenvalue weighted by atomic mass is 9.91. The van der Waals surface area contributed by atoms with Gasteiger partial charge in [-0.15, -0.1) is 0 Å². The largest absolute Gasteiger partial charge is 0.462 e. The van der Waals surface area contributed by atoms with Crippen molar-refractivity contribution in [2.24, 2.45) is 0 Å². The SMILES string of the molecule is CN1[C@@H]2CC[C@H]1CC(OC(=O)C(Cc1ccccc1Cl)c1ccccc1)C2. The molecule has 4 atom stereocenters. The first-order chi connectivity index (χ1) is 13.1. The van der Waals surface area contributed by atoms with E-state index in [4.69, 9.17) is 16.3 Å². The monoisotopic (exact) mass is 383 g/mol. The van der Waals surface area contributed by atoms with E-state index in [1.807, 2.05) is 54.6 Å². The number of ether oxygens (including phenoxy) is 1. The fourth-order valence-corrected chi connectivity index (χ4v) is 4.82. The van der Waals surface area contributed by atoms with Gasteiger partial charge in [-0.3, -0.25) is 4.79 Å². The molecule has 2 fully saturated rings. The van der Waals surface area contributed by atoms with Crippen LogP contribution in [0.4, 0.5) is 0 Å². The highest BCUT2D eigenvalue weighted by molar-refractivity contribution is 6.31. The molecule has 3 nitrogen and oxygen atoms in total. The van der Waals surface area contributed by atoms with Crippen LogP contribution in [0.2, 0.25) is 5.02 Å². The van der Waals surface area contributed by atoms with E-state index in [2.05, 4.69) is 11.9 Å². The smallest absolute Gasteiger partial charge is 0.314 e. The summed E-state index contributed by atoms with van der Waals surface area (Å²) in [6.45, 7) is 0. The van der Waals surface area contributed by atoms with Gasteiger partial charge in [0.05, 0.1) is 5.92 Å². The third-order valence-corrected chi connectivity index (χ3v) is 6.57. The van der Waals surface area contributed by atoms with Gasteiger partial charge >= 0.3 is 5.97 Å². The summed E-state index contributed by atoms with van der Waals surface area (Å²) < 4.78 is 6.04. The van der Waals surface area contributed by atoms with Crippen molar-refractivity contribution in [3.8, 4) is 0 Å². The topological polar surface area (TPSA) is 29.5 Å². The third-order valence-electron chi connectivity index (χ3n) is 6.21. The lowest BCUT2D eigenvalue weighted by Gasteiger charge is -2.36. The molecule has 2 bridgehead atoms. The molecule has 0 radical (unpaired) electrons. The highest BCUT2D eigenvalue weighted by Crippen LogP contribution is 2.36. The number of hydrogen-bond donors (Lipinski definition) is 0. The second-order valence-electron chi connectivity index (χ2n) is 7.84. The van der Waals surface area contributed by atoms with Crippen molar-refractivity contribution in [1.29, 1.82) is 0 Å². The predicted octanol–water partition coefficient (Wildman–Crippen LogP) is 4.83. The Morgan fingerprint density at radius 3 is 2.37 bits per heavy atom. The Morgan fingerprint density at radius 1 is 1.07 bits per heavy atom. The van der Waals surface area contributed by atoms with E-state index in [0.29, 0.717) is 23.5 Å². The lowest BCUT2D eigenvalue weighted by molar-refractivity contribution is -0.154. The molecule has 2 aliphatic heterocycles. The maximum absolute atomic E-state index is 13.2. The fourth-order valence-electron chi connectivity index (χ4n) is 4.61. The molecule has 2 unspecified atom stereocenters. The molecule has 0 saturated carbocycles. The van der Waals surface area contributed by atoms with Crippen LogP contribution >= 0.6 is 11.6 Å². The van der Waals surface area contributed by atoms with Crippen LogP contribution in [0.5, 0.6) is 0 Å². The minimum absolute atomic E-state index is 0.0312. The van der Waals surface area contributed by atoms with Crippen LogP contribution < -0.4 is 0 Å². The van der Waals surface area contributed by atoms with E-state index in [1.165, 1.54) is 12.8 Å². The Balaban J connectivity index is 1.52. The van der Waals surface area contributed by atoms with E-state index >= 15 is 0 Å². The summed E-state index contributed by atoms with van der Waals surface area (Å²) in [6, 6.07) is 18.8. The van der Waals surface area contributed by atoms with Crippen molar-refractivity contribution in [3.05, 3.63) is 70.7 Å². The molecule has 0 amide bonds. The lowest BCUT2D eigenvalue weighted by Crippen LogP contribution is -2.43. The molecular formula is C23H26ClNO2. The van der Waals surface area contributed by atoms with Gasteiger partial charge in [0.1, 0.15) is 6.10 Å². The zero-order chi connectivity index (χ0) is 18.8. The number of carbonyl (C=O) groups is 1. The molecular weight excluding hydrogens is 358 g/mol. The molecule has 2 heterocycles. The number of piperidine rings is 1. The molecule has 2 aliphatic rings. The summed E-state index contributed by atoms with van der Waals surface area (Å²) in [4.78, 5) is 15.6. The first-order valence-corrected chi connectivity index (χ1v) is 10.2. The molecule has 4 heteroatoms. The van der Waals surface area contributed by atoms with Crippen LogP contribution in [0.3, 0.4) is 0 Å². The number of benzene rings is 2. The number of esters is 1. The van der Waals surface area contributed by atoms with Crippen LogP contribution in [0, 0.1) is 0 Å². The molecule has 4 rings (SSSR count). The number of hydrogen-bond acceptors (Lipinski definition) is 3. The quantitative estimate of drug-likeness (QED) is 0.692. The fraction of sp³-hybridized carbons (Fsp3) is 0.435. The normalized spacial score (nSPS) is 25.9. The van der Waals surface area contributed by atoms with Gasteiger partial charge in [0.2, 0.25) is 0 Å². The van der Waals surface area contributed by atoms with Crippen LogP contribution in [0.1, 0.15) is 42.7 Å². The van der Waals surface area contributed by atoms with E-state index in [0.717, 1.165) is 24.0 Å². The standard InChI is InChI=1S/C23H26ClNO2/c1-25-18-11-12-19(25)15-20(14-18)27-23(26)21(16-7-3-2-4-8-16)13-17-9-5-6-10-22(17)24/h2-10,18-21H,11-15H2,1H3/t18-,19+,20?,21?. The molecule has 0 aromatic heterocycles. The molecule has 0 spiro atoms. The van der Waals surface area contributed by atoms with Crippen molar-refractivity contribution in [1.82, 2.24) is 4.90 Å². The van der Waals surface area contributed by atoms with Crippen LogP contribution in [-0.4, -0.2) is 36.1 Å². The summed E-state index contributed by atoms with van der Waals surface area (Å²) in [5, 5.41) is 0.698. The number of rotatable bonds is 5. The van der Waals surface area contributed by atoms with Crippen molar-refractivity contribution < 1.29 is 9.53 Å². The average molecular weight is 384 g/mol. The number of fused-ring (bicyclic) bond motifs is 2. The molecule has 0 N–H and O–H groups in total. The van der Waals surface area contributed by atoms with Crippen molar-refractivity contribution in [2.75, 3.05) is 7.05 Å². The molecule has 2 saturated heterocycles. The van der Waals surface area contributed by atoms with Gasteiger partial charge in [-0.05, 0) is 56.3 Å². The summed E-state index contributed by atoms with van der Waals surface area (Å²) in [5.41, 5.74) is 1.96. The van der Waals surface area contributed by atoms with Crippen molar-refractivity contribution in [3.63, 3.8) is 0 Å². The van der Waals surface area contributed by atoms with Gasteiger partial charge in [-0.1, -0.05) is 60.1 Å². The van der Waals surface area contributed by atoms with E-state index in [9.17, 15) is 4.79 Å². The first kappa shape index (κ1) is 18.5. The average Bonchev–Trinajstić information content (AvgIpc) is 2.89. The van der Waals surface area contributed by atoms with Crippen LogP contribution in [0.25, 0.3) is 0 Å². The van der Waals surface area contributed by atoms with Crippen LogP contribution in [0.15, 0.2) is 54.6 Å². The van der Waals surface area contributed by atoms with Gasteiger partial charge in [0, 0.05) is 17.1 Å². The Hall–Kier alpha value is -1.84. The van der Waals surface area contributed by atoms with Crippen LogP contribution in [-0.2, 0) is 16.0 Å². The summed E-state index contributed by atoms with van der Waals surface area (Å²) in [5.74, 6) is -0.460. The van der Waals surface area contributed by atoms with Crippen molar-refractivity contribution in [2.45, 2.75) is 56.2 Å². The first-order valence-electron chi connectivity index (χ1n) is 9.82. The van der Waals surface area contributed by atoms with E-state index in [1.54, 1.807) is 0 Å². The Kier molecular flexibility index (Phi) is 5.51. The van der Waals surface area contributed by atoms with E-state index < -0.39 is 0 Å². The summed E-state index contributed by atoms with van der Waals surface area (Å²) >= 11 is 6.36. The molecule has 2 aromatic rings. The van der Waals surface area contributed by atoms with Crippen molar-refractivity contribution >= 4 is 17.6 Å². The second-order valence-corrected chi connectivity index (χ2v) is 8.25. The Morgan fingerprint density at radius 2 is 1.70 bits per heavy atom. The van der Waals surface area contributed by atoms with Gasteiger partial charge in [-0.2, -0.15) is 0 Å². The molecule has 142 valence electrons. The second kappa shape index (κ2) is 8.04. The minimum Gasteiger partial charge on any atom is -0.462 e. The summed E-state index contributed by atoms with van der Waals surface area (Å²) in [7, 11) is 2.20.